The zero-order valence-electron chi connectivity index (χ0n) is 18.9. The van der Waals surface area contributed by atoms with Crippen molar-refractivity contribution in [1.82, 2.24) is 20.5 Å². The number of unbranched alkanes of at least 4 members (excludes halogenated alkanes) is 1. The Kier molecular flexibility index (Phi) is 8.51. The average molecular weight is 429 g/mol. The molecule has 2 aromatic rings. The maximum absolute atomic E-state index is 4.48. The van der Waals surface area contributed by atoms with Gasteiger partial charge in [0.2, 0.25) is 0 Å². The fraction of sp³-hybridized carbons (Fsp3) is 0.565. The average Bonchev–Trinajstić information content (AvgIpc) is 3.07. The van der Waals surface area contributed by atoms with Gasteiger partial charge in [-0.3, -0.25) is 9.89 Å². The van der Waals surface area contributed by atoms with E-state index >= 15 is 0 Å². The fourth-order valence-corrected chi connectivity index (χ4v) is 4.72. The maximum atomic E-state index is 4.48. The molecule has 7 heteroatoms. The molecule has 6 nitrogen and oxygen atoms in total. The van der Waals surface area contributed by atoms with Gasteiger partial charge in [-0.25, -0.2) is 4.98 Å². The van der Waals surface area contributed by atoms with Crippen LogP contribution in [0.3, 0.4) is 0 Å². The van der Waals surface area contributed by atoms with Crippen molar-refractivity contribution in [1.29, 1.82) is 0 Å². The predicted molar refractivity (Wildman–Crippen MR) is 129 cm³/mol. The van der Waals surface area contributed by atoms with Crippen LogP contribution in [-0.4, -0.2) is 62.2 Å². The van der Waals surface area contributed by atoms with E-state index in [1.807, 2.05) is 7.05 Å². The van der Waals surface area contributed by atoms with Crippen molar-refractivity contribution in [2.24, 2.45) is 4.99 Å². The van der Waals surface area contributed by atoms with Gasteiger partial charge in [0.05, 0.1) is 17.2 Å². The number of aromatic nitrogens is 1. The largest absolute Gasteiger partial charge is 0.369 e. The number of aryl methyl sites for hydroxylation is 3. The fourth-order valence-electron chi connectivity index (χ4n) is 3.84. The molecule has 0 unspecified atom stereocenters. The first-order valence-corrected chi connectivity index (χ1v) is 11.8. The number of anilines is 1. The van der Waals surface area contributed by atoms with Gasteiger partial charge in [0.1, 0.15) is 0 Å². The molecule has 0 amide bonds. The van der Waals surface area contributed by atoms with Crippen LogP contribution in [0.1, 0.15) is 34.0 Å². The van der Waals surface area contributed by atoms with Crippen LogP contribution in [0, 0.1) is 20.8 Å². The number of benzene rings is 1. The molecule has 0 spiro atoms. The molecule has 1 aromatic carbocycles. The molecule has 0 saturated carbocycles. The summed E-state index contributed by atoms with van der Waals surface area (Å²) in [4.78, 5) is 15.2. The van der Waals surface area contributed by atoms with Crippen LogP contribution in [0.25, 0.3) is 0 Å². The lowest BCUT2D eigenvalue weighted by Gasteiger charge is -2.36. The van der Waals surface area contributed by atoms with Gasteiger partial charge >= 0.3 is 0 Å². The third kappa shape index (κ3) is 6.71. The van der Waals surface area contributed by atoms with Crippen LogP contribution in [-0.2, 0) is 6.54 Å². The molecule has 2 heterocycles. The highest BCUT2D eigenvalue weighted by Crippen LogP contribution is 2.18. The van der Waals surface area contributed by atoms with Gasteiger partial charge in [-0.15, -0.1) is 11.3 Å². The molecular formula is C23H36N6S. The molecule has 0 radical (unpaired) electrons. The number of nitrogens with zero attached hydrogens (tertiary/aromatic N) is 4. The molecule has 0 atom stereocenters. The van der Waals surface area contributed by atoms with Gasteiger partial charge in [0.15, 0.2) is 5.96 Å². The minimum Gasteiger partial charge on any atom is -0.369 e. The third-order valence-electron chi connectivity index (χ3n) is 5.57. The standard InChI is InChI=1S/C23H36N6S/c1-18-8-7-9-21(16-18)29-14-12-28(13-15-29)11-6-5-10-25-23(24-4)26-17-22-19(2)27-20(3)30-22/h7-9,16H,5-6,10-15,17H2,1-4H3,(H2,24,25,26). The highest BCUT2D eigenvalue weighted by molar-refractivity contribution is 7.11. The second-order valence-electron chi connectivity index (χ2n) is 7.97. The summed E-state index contributed by atoms with van der Waals surface area (Å²) < 4.78 is 0. The summed E-state index contributed by atoms with van der Waals surface area (Å²) in [5.41, 5.74) is 3.81. The van der Waals surface area contributed by atoms with E-state index in [4.69, 9.17) is 0 Å². The second kappa shape index (κ2) is 11.3. The van der Waals surface area contributed by atoms with Gasteiger partial charge in [-0.05, 0) is 57.9 Å². The van der Waals surface area contributed by atoms with E-state index in [2.05, 4.69) is 75.4 Å². The molecular weight excluding hydrogens is 392 g/mol. The number of rotatable bonds is 8. The quantitative estimate of drug-likeness (QED) is 0.384. The summed E-state index contributed by atoms with van der Waals surface area (Å²) >= 11 is 1.75. The minimum absolute atomic E-state index is 0.780. The number of hydrogen-bond donors (Lipinski definition) is 2. The highest BCUT2D eigenvalue weighted by atomic mass is 32.1. The number of nitrogens with one attached hydrogen (secondary N) is 2. The molecule has 1 saturated heterocycles. The van der Waals surface area contributed by atoms with Crippen LogP contribution in [0.5, 0.6) is 0 Å². The van der Waals surface area contributed by atoms with E-state index in [0.717, 1.165) is 62.4 Å². The van der Waals surface area contributed by atoms with Crippen molar-refractivity contribution in [2.45, 2.75) is 40.2 Å². The van der Waals surface area contributed by atoms with Crippen LogP contribution < -0.4 is 15.5 Å². The van der Waals surface area contributed by atoms with Gasteiger partial charge in [0, 0.05) is 50.3 Å². The summed E-state index contributed by atoms with van der Waals surface area (Å²) in [5, 5.41) is 7.95. The molecule has 1 aliphatic heterocycles. The maximum Gasteiger partial charge on any atom is 0.191 e. The lowest BCUT2D eigenvalue weighted by atomic mass is 10.2. The number of guanidine groups is 1. The zero-order chi connectivity index (χ0) is 21.3. The molecule has 3 rings (SSSR count). The van der Waals surface area contributed by atoms with Crippen LogP contribution in [0.15, 0.2) is 29.3 Å². The molecule has 1 fully saturated rings. The Morgan fingerprint density at radius 3 is 2.57 bits per heavy atom. The summed E-state index contributed by atoms with van der Waals surface area (Å²) in [6.07, 6.45) is 2.36. The summed E-state index contributed by atoms with van der Waals surface area (Å²) in [6.45, 7) is 13.7. The van der Waals surface area contributed by atoms with E-state index < -0.39 is 0 Å². The van der Waals surface area contributed by atoms with E-state index in [-0.39, 0.29) is 0 Å². The van der Waals surface area contributed by atoms with Crippen LogP contribution in [0.4, 0.5) is 5.69 Å². The lowest BCUT2D eigenvalue weighted by molar-refractivity contribution is 0.253. The highest BCUT2D eigenvalue weighted by Gasteiger charge is 2.16. The van der Waals surface area contributed by atoms with Crippen molar-refractivity contribution in [3.63, 3.8) is 0 Å². The Morgan fingerprint density at radius 2 is 1.90 bits per heavy atom. The summed E-state index contributed by atoms with van der Waals surface area (Å²) in [6, 6.07) is 8.85. The lowest BCUT2D eigenvalue weighted by Crippen LogP contribution is -2.46. The normalized spacial score (nSPS) is 15.5. The predicted octanol–water partition coefficient (Wildman–Crippen LogP) is 3.34. The van der Waals surface area contributed by atoms with Crippen molar-refractivity contribution in [3.8, 4) is 0 Å². The SMILES string of the molecule is CN=C(NCCCCN1CCN(c2cccc(C)c2)CC1)NCc1sc(C)nc1C. The first-order valence-electron chi connectivity index (χ1n) is 11.0. The first kappa shape index (κ1) is 22.6. The van der Waals surface area contributed by atoms with Crippen molar-refractivity contribution in [2.75, 3.05) is 51.2 Å². The number of aliphatic imine (C=N–C) groups is 1. The zero-order valence-corrected chi connectivity index (χ0v) is 19.7. The van der Waals surface area contributed by atoms with Gasteiger partial charge in [-0.2, -0.15) is 0 Å². The van der Waals surface area contributed by atoms with E-state index in [9.17, 15) is 0 Å². The van der Waals surface area contributed by atoms with E-state index in [0.29, 0.717) is 0 Å². The Morgan fingerprint density at radius 1 is 1.10 bits per heavy atom. The minimum atomic E-state index is 0.780. The van der Waals surface area contributed by atoms with Gasteiger partial charge < -0.3 is 15.5 Å². The van der Waals surface area contributed by atoms with Crippen LogP contribution in [0.2, 0.25) is 0 Å². The third-order valence-corrected chi connectivity index (χ3v) is 6.65. The monoisotopic (exact) mass is 428 g/mol. The number of thiazole rings is 1. The van der Waals surface area contributed by atoms with Crippen molar-refractivity contribution in [3.05, 3.63) is 45.4 Å². The number of piperazine rings is 1. The molecule has 1 aliphatic rings. The Labute approximate surface area is 185 Å². The summed E-state index contributed by atoms with van der Waals surface area (Å²) in [5.74, 6) is 0.868. The molecule has 2 N–H and O–H groups in total. The van der Waals surface area contributed by atoms with Gasteiger partial charge in [-0.1, -0.05) is 12.1 Å². The molecule has 0 bridgehead atoms. The number of hydrogen-bond acceptors (Lipinski definition) is 5. The Balaban J connectivity index is 1.28. The molecule has 30 heavy (non-hydrogen) atoms. The molecule has 164 valence electrons. The van der Waals surface area contributed by atoms with Crippen molar-refractivity contribution >= 4 is 23.0 Å². The second-order valence-corrected chi connectivity index (χ2v) is 9.26. The van der Waals surface area contributed by atoms with E-state index in [1.165, 1.54) is 29.1 Å². The Bertz CT molecular complexity index is 823. The topological polar surface area (TPSA) is 55.8 Å². The first-order chi connectivity index (χ1) is 14.5. The summed E-state index contributed by atoms with van der Waals surface area (Å²) in [7, 11) is 1.83. The molecule has 1 aromatic heterocycles. The molecule has 0 aliphatic carbocycles. The Hall–Kier alpha value is -2.12. The van der Waals surface area contributed by atoms with Crippen LogP contribution >= 0.6 is 11.3 Å². The van der Waals surface area contributed by atoms with E-state index in [1.54, 1.807) is 11.3 Å². The van der Waals surface area contributed by atoms with Gasteiger partial charge in [0.25, 0.3) is 0 Å². The van der Waals surface area contributed by atoms with Crippen molar-refractivity contribution < 1.29 is 0 Å². The smallest absolute Gasteiger partial charge is 0.191 e.